The Morgan fingerprint density at radius 1 is 1.21 bits per heavy atom. The summed E-state index contributed by atoms with van der Waals surface area (Å²) in [4.78, 5) is 16.8. The molecule has 1 N–H and O–H groups in total. The fourth-order valence-electron chi connectivity index (χ4n) is 2.61. The fourth-order valence-corrected chi connectivity index (χ4v) is 3.65. The van der Waals surface area contributed by atoms with Gasteiger partial charge in [-0.3, -0.25) is 0 Å². The van der Waals surface area contributed by atoms with Gasteiger partial charge in [0.25, 0.3) is 0 Å². The van der Waals surface area contributed by atoms with Crippen molar-refractivity contribution in [3.8, 4) is 17.3 Å². The molecule has 0 fully saturated rings. The molecule has 7 heteroatoms. The lowest BCUT2D eigenvalue weighted by atomic mass is 10.1. The molecule has 0 bridgehead atoms. The van der Waals surface area contributed by atoms with Gasteiger partial charge >= 0.3 is 5.63 Å². The molecule has 4 rings (SSSR count). The molecule has 5 nitrogen and oxygen atoms in total. The smallest absolute Gasteiger partial charge is 0.345 e. The highest BCUT2D eigenvalue weighted by Crippen LogP contribution is 2.26. The third-order valence-electron chi connectivity index (χ3n) is 4.00. The van der Waals surface area contributed by atoms with Gasteiger partial charge in [-0.15, -0.1) is 11.3 Å². The number of anilines is 1. The lowest BCUT2D eigenvalue weighted by Gasteiger charge is -2.01. The topological polar surface area (TPSA) is 78.9 Å². The van der Waals surface area contributed by atoms with Gasteiger partial charge in [-0.25, -0.2) is 9.78 Å². The molecule has 0 unspecified atom stereocenters. The number of nitriles is 1. The molecule has 2 aromatic carbocycles. The van der Waals surface area contributed by atoms with Crippen molar-refractivity contribution < 1.29 is 4.42 Å². The van der Waals surface area contributed by atoms with Gasteiger partial charge in [-0.05, 0) is 36.4 Å². The Balaban J connectivity index is 1.65. The standard InChI is InChI=1S/C21H12BrN3O2S/c22-15-5-7-16(8-6-15)24-11-14(10-23)20-25-18(12-28-20)17-9-13-3-1-2-4-19(13)27-21(17)26/h1-9,11-12,24H. The average molecular weight is 450 g/mol. The van der Waals surface area contributed by atoms with Crippen LogP contribution in [0.5, 0.6) is 0 Å². The van der Waals surface area contributed by atoms with E-state index in [1.807, 2.05) is 42.5 Å². The fraction of sp³-hybridized carbons (Fsp3) is 0. The lowest BCUT2D eigenvalue weighted by molar-refractivity contribution is 0.563. The third kappa shape index (κ3) is 3.74. The van der Waals surface area contributed by atoms with E-state index in [0.29, 0.717) is 27.4 Å². The summed E-state index contributed by atoms with van der Waals surface area (Å²) in [6.45, 7) is 0. The summed E-state index contributed by atoms with van der Waals surface area (Å²) in [5, 5.41) is 15.7. The van der Waals surface area contributed by atoms with Crippen molar-refractivity contribution in [1.82, 2.24) is 4.98 Å². The molecular formula is C21H12BrN3O2S. The Morgan fingerprint density at radius 3 is 2.79 bits per heavy atom. The molecule has 2 aromatic heterocycles. The van der Waals surface area contributed by atoms with Crippen LogP contribution < -0.4 is 10.9 Å². The summed E-state index contributed by atoms with van der Waals surface area (Å²) >= 11 is 4.68. The molecule has 0 saturated heterocycles. The maximum atomic E-state index is 12.3. The number of thiazole rings is 1. The van der Waals surface area contributed by atoms with Crippen LogP contribution in [-0.2, 0) is 0 Å². The molecule has 0 aliphatic heterocycles. The molecule has 0 amide bonds. The monoisotopic (exact) mass is 449 g/mol. The van der Waals surface area contributed by atoms with Crippen LogP contribution in [0.4, 0.5) is 5.69 Å². The largest absolute Gasteiger partial charge is 0.422 e. The molecule has 28 heavy (non-hydrogen) atoms. The van der Waals surface area contributed by atoms with Crippen LogP contribution in [0, 0.1) is 11.3 Å². The van der Waals surface area contributed by atoms with Crippen molar-refractivity contribution in [3.63, 3.8) is 0 Å². The molecule has 0 aliphatic carbocycles. The van der Waals surface area contributed by atoms with Gasteiger partial charge in [0.2, 0.25) is 0 Å². The summed E-state index contributed by atoms with van der Waals surface area (Å²) in [5.41, 5.74) is 2.17. The molecule has 0 radical (unpaired) electrons. The zero-order chi connectivity index (χ0) is 19.5. The lowest BCUT2D eigenvalue weighted by Crippen LogP contribution is -2.02. The van der Waals surface area contributed by atoms with Crippen molar-refractivity contribution in [2.45, 2.75) is 0 Å². The van der Waals surface area contributed by atoms with Gasteiger partial charge in [0.15, 0.2) is 0 Å². The first-order valence-corrected chi connectivity index (χ1v) is 9.93. The van der Waals surface area contributed by atoms with Crippen LogP contribution in [0.15, 0.2) is 79.9 Å². The minimum Gasteiger partial charge on any atom is -0.422 e. The predicted molar refractivity (Wildman–Crippen MR) is 115 cm³/mol. The Labute approximate surface area is 172 Å². The van der Waals surface area contributed by atoms with Crippen molar-refractivity contribution in [2.75, 3.05) is 5.32 Å². The second-order valence-corrected chi connectivity index (χ2v) is 7.62. The summed E-state index contributed by atoms with van der Waals surface area (Å²) in [7, 11) is 0. The quantitative estimate of drug-likeness (QED) is 0.321. The number of aromatic nitrogens is 1. The third-order valence-corrected chi connectivity index (χ3v) is 5.40. The minimum absolute atomic E-state index is 0.374. The van der Waals surface area contributed by atoms with E-state index < -0.39 is 5.63 Å². The Bertz CT molecular complexity index is 1280. The van der Waals surface area contributed by atoms with Gasteiger partial charge in [0.1, 0.15) is 22.2 Å². The van der Waals surface area contributed by atoms with Crippen LogP contribution in [0.2, 0.25) is 0 Å². The molecule has 0 atom stereocenters. The zero-order valence-corrected chi connectivity index (χ0v) is 16.8. The van der Waals surface area contributed by atoms with Crippen molar-refractivity contribution in [1.29, 1.82) is 5.26 Å². The highest BCUT2D eigenvalue weighted by atomic mass is 79.9. The highest BCUT2D eigenvalue weighted by Gasteiger charge is 2.13. The van der Waals surface area contributed by atoms with Gasteiger partial charge in [0, 0.05) is 27.1 Å². The van der Waals surface area contributed by atoms with E-state index in [1.165, 1.54) is 11.3 Å². The van der Waals surface area contributed by atoms with Crippen LogP contribution in [0.3, 0.4) is 0 Å². The predicted octanol–water partition coefficient (Wildman–Crippen LogP) is 5.66. The van der Waals surface area contributed by atoms with E-state index in [9.17, 15) is 10.1 Å². The van der Waals surface area contributed by atoms with E-state index in [4.69, 9.17) is 4.42 Å². The van der Waals surface area contributed by atoms with E-state index in [2.05, 4.69) is 32.3 Å². The number of fused-ring (bicyclic) bond motifs is 1. The Morgan fingerprint density at radius 2 is 2.00 bits per heavy atom. The average Bonchev–Trinajstić information content (AvgIpc) is 3.19. The van der Waals surface area contributed by atoms with Gasteiger partial charge in [0.05, 0.1) is 11.3 Å². The number of benzene rings is 2. The summed E-state index contributed by atoms with van der Waals surface area (Å²) < 4.78 is 6.34. The van der Waals surface area contributed by atoms with Crippen LogP contribution in [0.1, 0.15) is 5.01 Å². The summed E-state index contributed by atoms with van der Waals surface area (Å²) in [6.07, 6.45) is 1.61. The normalized spacial score (nSPS) is 11.4. The van der Waals surface area contributed by atoms with Crippen molar-refractivity contribution >= 4 is 49.5 Å². The van der Waals surface area contributed by atoms with E-state index >= 15 is 0 Å². The number of hydrogen-bond acceptors (Lipinski definition) is 6. The van der Waals surface area contributed by atoms with Crippen LogP contribution in [-0.4, -0.2) is 4.98 Å². The van der Waals surface area contributed by atoms with Crippen LogP contribution in [0.25, 0.3) is 27.8 Å². The summed E-state index contributed by atoms with van der Waals surface area (Å²) in [5.74, 6) is 0. The molecular weight excluding hydrogens is 438 g/mol. The molecule has 4 aromatic rings. The molecule has 0 aliphatic rings. The zero-order valence-electron chi connectivity index (χ0n) is 14.3. The van der Waals surface area contributed by atoms with Crippen LogP contribution >= 0.6 is 27.3 Å². The number of rotatable bonds is 4. The molecule has 0 saturated carbocycles. The van der Waals surface area contributed by atoms with Gasteiger partial charge < -0.3 is 9.73 Å². The van der Waals surface area contributed by atoms with Crippen molar-refractivity contribution in [3.05, 3.63) is 86.1 Å². The first-order valence-electron chi connectivity index (χ1n) is 8.25. The number of hydrogen-bond donors (Lipinski definition) is 1. The maximum Gasteiger partial charge on any atom is 0.345 e. The van der Waals surface area contributed by atoms with Crippen molar-refractivity contribution in [2.24, 2.45) is 0 Å². The molecule has 2 heterocycles. The SMILES string of the molecule is N#CC(=CNc1ccc(Br)cc1)c1nc(-c2cc3ccccc3oc2=O)cs1. The number of halogens is 1. The Hall–Kier alpha value is -3.21. The Kier molecular flexibility index (Phi) is 5.06. The van der Waals surface area contributed by atoms with E-state index in [-0.39, 0.29) is 0 Å². The van der Waals surface area contributed by atoms with E-state index in [0.717, 1.165) is 15.5 Å². The van der Waals surface area contributed by atoms with Gasteiger partial charge in [-0.1, -0.05) is 34.1 Å². The number of allylic oxidation sites excluding steroid dienone is 1. The number of nitrogens with zero attached hydrogens (tertiary/aromatic N) is 2. The minimum atomic E-state index is -0.453. The maximum absolute atomic E-state index is 12.3. The summed E-state index contributed by atoms with van der Waals surface area (Å²) in [6, 6.07) is 18.8. The number of para-hydroxylation sites is 1. The first kappa shape index (κ1) is 18.2. The van der Waals surface area contributed by atoms with Gasteiger partial charge in [-0.2, -0.15) is 5.26 Å². The van der Waals surface area contributed by atoms with E-state index in [1.54, 1.807) is 23.7 Å². The second-order valence-electron chi connectivity index (χ2n) is 5.84. The number of nitrogens with one attached hydrogen (secondary N) is 1. The first-order chi connectivity index (χ1) is 13.6. The highest BCUT2D eigenvalue weighted by molar-refractivity contribution is 9.10. The second kappa shape index (κ2) is 7.80. The molecule has 0 spiro atoms. The molecule has 136 valence electrons.